The zero-order valence-corrected chi connectivity index (χ0v) is 13.8. The van der Waals surface area contributed by atoms with Crippen LogP contribution in [0.5, 0.6) is 0 Å². The number of carbonyl (C=O) groups excluding carboxylic acids is 3. The molecule has 0 bridgehead atoms. The first-order valence-corrected chi connectivity index (χ1v) is 8.03. The molecular formula is C17H18FN3O4. The lowest BCUT2D eigenvalue weighted by atomic mass is 10.2. The molecule has 2 heterocycles. The van der Waals surface area contributed by atoms with Gasteiger partial charge in [-0.25, -0.2) is 14.1 Å². The molecule has 25 heavy (non-hydrogen) atoms. The van der Waals surface area contributed by atoms with Crippen LogP contribution in [0.15, 0.2) is 36.0 Å². The van der Waals surface area contributed by atoms with Crippen molar-refractivity contribution >= 4 is 23.6 Å². The Labute approximate surface area is 144 Å². The van der Waals surface area contributed by atoms with Crippen LogP contribution in [0, 0.1) is 5.82 Å². The molecule has 0 aromatic heterocycles. The Morgan fingerprint density at radius 3 is 2.36 bits per heavy atom. The minimum Gasteiger partial charge on any atom is -0.450 e. The maximum absolute atomic E-state index is 13.0. The number of hydrogen-bond donors (Lipinski definition) is 0. The van der Waals surface area contributed by atoms with Gasteiger partial charge in [-0.05, 0) is 31.2 Å². The molecule has 1 aromatic carbocycles. The van der Waals surface area contributed by atoms with Crippen LogP contribution >= 0.6 is 0 Å². The molecule has 3 rings (SSSR count). The molecule has 1 aromatic rings. The van der Waals surface area contributed by atoms with Gasteiger partial charge in [0.2, 0.25) is 0 Å². The molecule has 1 saturated heterocycles. The summed E-state index contributed by atoms with van der Waals surface area (Å²) in [6.07, 6.45) is 0.906. The molecule has 3 amide bonds. The van der Waals surface area contributed by atoms with Gasteiger partial charge >= 0.3 is 6.09 Å². The van der Waals surface area contributed by atoms with Gasteiger partial charge in [0.1, 0.15) is 11.5 Å². The Kier molecular flexibility index (Phi) is 4.69. The van der Waals surface area contributed by atoms with Crippen LogP contribution in [-0.2, 0) is 14.3 Å². The van der Waals surface area contributed by atoms with Crippen LogP contribution in [0.4, 0.5) is 14.9 Å². The molecule has 0 saturated carbocycles. The molecule has 0 N–H and O–H groups in total. The number of ether oxygens (including phenoxy) is 1. The fourth-order valence-corrected chi connectivity index (χ4v) is 2.86. The SMILES string of the molecule is CCOC(=O)N1CCN(C2=CC(=O)N(c3ccc(F)cc3)C2=O)CC1. The van der Waals surface area contributed by atoms with Crippen molar-refractivity contribution in [1.82, 2.24) is 9.80 Å². The molecule has 1 fully saturated rings. The van der Waals surface area contributed by atoms with E-state index in [0.717, 1.165) is 4.90 Å². The lowest BCUT2D eigenvalue weighted by Gasteiger charge is -2.35. The number of amides is 3. The van der Waals surface area contributed by atoms with Gasteiger partial charge in [-0.3, -0.25) is 9.59 Å². The van der Waals surface area contributed by atoms with Gasteiger partial charge in [-0.1, -0.05) is 0 Å². The Balaban J connectivity index is 1.67. The highest BCUT2D eigenvalue weighted by atomic mass is 19.1. The van der Waals surface area contributed by atoms with E-state index in [2.05, 4.69) is 0 Å². The average molecular weight is 347 g/mol. The number of nitrogens with zero attached hydrogens (tertiary/aromatic N) is 3. The summed E-state index contributed by atoms with van der Waals surface area (Å²) in [7, 11) is 0. The van der Waals surface area contributed by atoms with E-state index in [1.54, 1.807) is 16.7 Å². The molecule has 2 aliphatic rings. The lowest BCUT2D eigenvalue weighted by Crippen LogP contribution is -2.49. The van der Waals surface area contributed by atoms with Crippen LogP contribution in [0.25, 0.3) is 0 Å². The van der Waals surface area contributed by atoms with E-state index >= 15 is 0 Å². The van der Waals surface area contributed by atoms with Gasteiger partial charge in [0.15, 0.2) is 0 Å². The highest BCUT2D eigenvalue weighted by molar-refractivity contribution is 6.30. The minimum absolute atomic E-state index is 0.290. The normalized spacial score (nSPS) is 17.8. The van der Waals surface area contributed by atoms with E-state index in [4.69, 9.17) is 4.74 Å². The maximum atomic E-state index is 13.0. The molecule has 132 valence electrons. The fourth-order valence-electron chi connectivity index (χ4n) is 2.86. The Morgan fingerprint density at radius 1 is 1.12 bits per heavy atom. The van der Waals surface area contributed by atoms with Crippen molar-refractivity contribution in [3.63, 3.8) is 0 Å². The van der Waals surface area contributed by atoms with E-state index in [0.29, 0.717) is 38.5 Å². The molecule has 8 heteroatoms. The number of benzene rings is 1. The number of halogens is 1. The van der Waals surface area contributed by atoms with Crippen molar-refractivity contribution in [1.29, 1.82) is 0 Å². The molecule has 0 atom stereocenters. The van der Waals surface area contributed by atoms with Crippen LogP contribution in [0.3, 0.4) is 0 Å². The molecule has 0 unspecified atom stereocenters. The topological polar surface area (TPSA) is 70.2 Å². The van der Waals surface area contributed by atoms with Gasteiger partial charge in [0.05, 0.1) is 12.3 Å². The average Bonchev–Trinajstić information content (AvgIpc) is 2.91. The summed E-state index contributed by atoms with van der Waals surface area (Å²) >= 11 is 0. The largest absolute Gasteiger partial charge is 0.450 e. The Bertz CT molecular complexity index is 724. The fraction of sp³-hybridized carbons (Fsp3) is 0.353. The standard InChI is InChI=1S/C17H18FN3O4/c1-2-25-17(24)20-9-7-19(8-10-20)14-11-15(22)21(16(14)23)13-5-3-12(18)4-6-13/h3-6,11H,2,7-10H2,1H3. The van der Waals surface area contributed by atoms with Gasteiger partial charge in [-0.2, -0.15) is 0 Å². The number of hydrogen-bond acceptors (Lipinski definition) is 5. The monoisotopic (exact) mass is 347 g/mol. The molecule has 0 aliphatic carbocycles. The molecular weight excluding hydrogens is 329 g/mol. The first kappa shape index (κ1) is 16.9. The number of piperazine rings is 1. The first-order valence-electron chi connectivity index (χ1n) is 8.03. The van der Waals surface area contributed by atoms with E-state index in [1.807, 2.05) is 0 Å². The first-order chi connectivity index (χ1) is 12.0. The van der Waals surface area contributed by atoms with E-state index in [1.165, 1.54) is 30.3 Å². The second-order valence-corrected chi connectivity index (χ2v) is 5.66. The highest BCUT2D eigenvalue weighted by Gasteiger charge is 2.36. The lowest BCUT2D eigenvalue weighted by molar-refractivity contribution is -0.121. The zero-order valence-electron chi connectivity index (χ0n) is 13.8. The maximum Gasteiger partial charge on any atom is 0.409 e. The summed E-state index contributed by atoms with van der Waals surface area (Å²) in [5.74, 6) is -1.34. The molecule has 7 nitrogen and oxygen atoms in total. The summed E-state index contributed by atoms with van der Waals surface area (Å²) in [6.45, 7) is 3.74. The van der Waals surface area contributed by atoms with Crippen molar-refractivity contribution in [3.8, 4) is 0 Å². The van der Waals surface area contributed by atoms with Crippen molar-refractivity contribution in [3.05, 3.63) is 41.9 Å². The quantitative estimate of drug-likeness (QED) is 0.772. The van der Waals surface area contributed by atoms with Crippen LogP contribution in [-0.4, -0.2) is 60.5 Å². The van der Waals surface area contributed by atoms with Crippen molar-refractivity contribution in [2.45, 2.75) is 6.92 Å². The third-order valence-electron chi connectivity index (χ3n) is 4.13. The Morgan fingerprint density at radius 2 is 1.76 bits per heavy atom. The summed E-state index contributed by atoms with van der Waals surface area (Å²) in [6, 6.07) is 5.18. The molecule has 0 spiro atoms. The second kappa shape index (κ2) is 6.92. The highest BCUT2D eigenvalue weighted by Crippen LogP contribution is 2.25. The summed E-state index contributed by atoms with van der Waals surface area (Å²) in [5.41, 5.74) is 0.616. The molecule has 2 aliphatic heterocycles. The van der Waals surface area contributed by atoms with E-state index in [9.17, 15) is 18.8 Å². The zero-order chi connectivity index (χ0) is 18.0. The third kappa shape index (κ3) is 3.33. The summed E-state index contributed by atoms with van der Waals surface area (Å²) < 4.78 is 18.0. The predicted octanol–water partition coefficient (Wildman–Crippen LogP) is 1.36. The number of carbonyl (C=O) groups is 3. The van der Waals surface area contributed by atoms with Crippen LogP contribution in [0.1, 0.15) is 6.92 Å². The van der Waals surface area contributed by atoms with Gasteiger partial charge in [0.25, 0.3) is 11.8 Å². The van der Waals surface area contributed by atoms with E-state index in [-0.39, 0.29) is 11.8 Å². The van der Waals surface area contributed by atoms with Crippen LogP contribution < -0.4 is 4.90 Å². The number of anilines is 1. The predicted molar refractivity (Wildman–Crippen MR) is 87.1 cm³/mol. The van der Waals surface area contributed by atoms with Gasteiger partial charge in [-0.15, -0.1) is 0 Å². The molecule has 0 radical (unpaired) electrons. The van der Waals surface area contributed by atoms with Crippen molar-refractivity contribution in [2.24, 2.45) is 0 Å². The third-order valence-corrected chi connectivity index (χ3v) is 4.13. The number of imide groups is 1. The van der Waals surface area contributed by atoms with Crippen molar-refractivity contribution < 1.29 is 23.5 Å². The van der Waals surface area contributed by atoms with Crippen LogP contribution in [0.2, 0.25) is 0 Å². The second-order valence-electron chi connectivity index (χ2n) is 5.66. The van der Waals surface area contributed by atoms with Gasteiger partial charge in [0, 0.05) is 32.3 Å². The summed E-state index contributed by atoms with van der Waals surface area (Å²) in [4.78, 5) is 40.9. The Hall–Kier alpha value is -2.90. The van der Waals surface area contributed by atoms with Gasteiger partial charge < -0.3 is 14.5 Å². The summed E-state index contributed by atoms with van der Waals surface area (Å²) in [5, 5.41) is 0. The number of rotatable bonds is 3. The minimum atomic E-state index is -0.459. The van der Waals surface area contributed by atoms with E-state index < -0.39 is 17.6 Å². The van der Waals surface area contributed by atoms with Crippen molar-refractivity contribution in [2.75, 3.05) is 37.7 Å². The smallest absolute Gasteiger partial charge is 0.409 e.